The fourth-order valence-electron chi connectivity index (χ4n) is 3.12. The molecule has 4 aromatic rings. The number of hydrogen-bond acceptors (Lipinski definition) is 7. The van der Waals surface area contributed by atoms with Crippen LogP contribution in [0.2, 0.25) is 0 Å². The Bertz CT molecular complexity index is 1210. The van der Waals surface area contributed by atoms with Gasteiger partial charge in [0.1, 0.15) is 16.5 Å². The standard InChI is InChI=1S/C21H21N5O3S/c1-12-7-13(2)9-16(8-12)29-11-19(27)22-17-10-15(5-6-18(17)28-4)20-25-26-14(3)23-24-21(26)30-20/h5-10H,11H2,1-4H3,(H,22,27). The molecule has 0 spiro atoms. The van der Waals surface area contributed by atoms with Gasteiger partial charge in [0.15, 0.2) is 12.4 Å². The van der Waals surface area contributed by atoms with Crippen molar-refractivity contribution in [1.29, 1.82) is 0 Å². The van der Waals surface area contributed by atoms with Crippen LogP contribution in [-0.4, -0.2) is 39.4 Å². The molecule has 0 aliphatic carbocycles. The minimum atomic E-state index is -0.279. The first-order chi connectivity index (χ1) is 14.4. The summed E-state index contributed by atoms with van der Waals surface area (Å²) in [6, 6.07) is 11.4. The molecule has 2 aromatic carbocycles. The number of rotatable bonds is 6. The Hall–Kier alpha value is -3.46. The van der Waals surface area contributed by atoms with Crippen LogP contribution in [0, 0.1) is 20.8 Å². The Kier molecular flexibility index (Phi) is 5.37. The highest BCUT2D eigenvalue weighted by molar-refractivity contribution is 7.19. The number of benzene rings is 2. The van der Waals surface area contributed by atoms with Gasteiger partial charge < -0.3 is 14.8 Å². The number of nitrogens with zero attached hydrogens (tertiary/aromatic N) is 4. The molecular weight excluding hydrogens is 402 g/mol. The van der Waals surface area contributed by atoms with Gasteiger partial charge in [-0.25, -0.2) is 0 Å². The van der Waals surface area contributed by atoms with Gasteiger partial charge in [0.25, 0.3) is 5.91 Å². The Labute approximate surface area is 177 Å². The number of carbonyl (C=O) groups excluding carboxylic acids is 1. The third-order valence-corrected chi connectivity index (χ3v) is 5.38. The van der Waals surface area contributed by atoms with Crippen LogP contribution in [0.25, 0.3) is 15.5 Å². The summed E-state index contributed by atoms with van der Waals surface area (Å²) in [6.45, 7) is 5.72. The lowest BCUT2D eigenvalue weighted by Gasteiger charge is -2.12. The number of nitrogens with one attached hydrogen (secondary N) is 1. The first-order valence-corrected chi connectivity index (χ1v) is 10.1. The summed E-state index contributed by atoms with van der Waals surface area (Å²) in [7, 11) is 1.56. The van der Waals surface area contributed by atoms with E-state index in [0.29, 0.717) is 22.1 Å². The zero-order chi connectivity index (χ0) is 21.3. The van der Waals surface area contributed by atoms with Crippen molar-refractivity contribution in [2.75, 3.05) is 19.0 Å². The lowest BCUT2D eigenvalue weighted by molar-refractivity contribution is -0.118. The molecule has 2 aromatic heterocycles. The molecule has 1 N–H and O–H groups in total. The van der Waals surface area contributed by atoms with Crippen LogP contribution >= 0.6 is 11.3 Å². The molecule has 2 heterocycles. The van der Waals surface area contributed by atoms with Crippen LogP contribution in [0.15, 0.2) is 36.4 Å². The van der Waals surface area contributed by atoms with Crippen molar-refractivity contribution >= 4 is 27.9 Å². The maximum absolute atomic E-state index is 12.5. The molecule has 8 nitrogen and oxygen atoms in total. The second-order valence-electron chi connectivity index (χ2n) is 6.92. The van der Waals surface area contributed by atoms with Gasteiger partial charge in [-0.2, -0.15) is 9.61 Å². The molecule has 1 amide bonds. The third-order valence-electron chi connectivity index (χ3n) is 4.43. The van der Waals surface area contributed by atoms with E-state index >= 15 is 0 Å². The monoisotopic (exact) mass is 423 g/mol. The summed E-state index contributed by atoms with van der Waals surface area (Å²) in [5, 5.41) is 16.3. The fraction of sp³-hybridized carbons (Fsp3) is 0.238. The van der Waals surface area contributed by atoms with Crippen molar-refractivity contribution in [2.45, 2.75) is 20.8 Å². The van der Waals surface area contributed by atoms with Crippen molar-refractivity contribution in [3.05, 3.63) is 53.3 Å². The zero-order valence-electron chi connectivity index (χ0n) is 17.1. The van der Waals surface area contributed by atoms with Crippen molar-refractivity contribution in [3.63, 3.8) is 0 Å². The zero-order valence-corrected chi connectivity index (χ0v) is 17.9. The summed E-state index contributed by atoms with van der Waals surface area (Å²) in [5.74, 6) is 1.66. The number of ether oxygens (including phenoxy) is 2. The Balaban J connectivity index is 1.52. The molecule has 0 saturated carbocycles. The highest BCUT2D eigenvalue weighted by atomic mass is 32.1. The molecule has 0 bridgehead atoms. The first kappa shape index (κ1) is 19.8. The number of hydrogen-bond donors (Lipinski definition) is 1. The van der Waals surface area contributed by atoms with Crippen molar-refractivity contribution in [1.82, 2.24) is 19.8 Å². The minimum Gasteiger partial charge on any atom is -0.495 e. The summed E-state index contributed by atoms with van der Waals surface area (Å²) < 4.78 is 12.7. The summed E-state index contributed by atoms with van der Waals surface area (Å²) in [6.07, 6.45) is 0. The lowest BCUT2D eigenvalue weighted by Crippen LogP contribution is -2.20. The topological polar surface area (TPSA) is 90.6 Å². The Morgan fingerprint density at radius 1 is 1.10 bits per heavy atom. The van der Waals surface area contributed by atoms with Gasteiger partial charge >= 0.3 is 0 Å². The van der Waals surface area contributed by atoms with Gasteiger partial charge in [-0.05, 0) is 62.2 Å². The van der Waals surface area contributed by atoms with E-state index in [4.69, 9.17) is 9.47 Å². The third kappa shape index (κ3) is 4.11. The SMILES string of the molecule is COc1ccc(-c2nn3c(C)nnc3s2)cc1NC(=O)COc1cc(C)cc(C)c1. The average molecular weight is 423 g/mol. The van der Waals surface area contributed by atoms with Gasteiger partial charge in [0.05, 0.1) is 12.8 Å². The quantitative estimate of drug-likeness (QED) is 0.507. The number of aryl methyl sites for hydroxylation is 3. The van der Waals surface area contributed by atoms with E-state index in [2.05, 4.69) is 26.7 Å². The van der Waals surface area contributed by atoms with Crippen molar-refractivity contribution in [2.24, 2.45) is 0 Å². The second-order valence-corrected chi connectivity index (χ2v) is 7.88. The number of methoxy groups -OCH3 is 1. The van der Waals surface area contributed by atoms with Gasteiger partial charge in [-0.3, -0.25) is 4.79 Å². The second kappa shape index (κ2) is 8.11. The Morgan fingerprint density at radius 2 is 1.87 bits per heavy atom. The van der Waals surface area contributed by atoms with Crippen LogP contribution in [-0.2, 0) is 4.79 Å². The molecule has 4 rings (SSSR count). The van der Waals surface area contributed by atoms with E-state index < -0.39 is 0 Å². The molecule has 0 fully saturated rings. The first-order valence-electron chi connectivity index (χ1n) is 9.31. The molecule has 0 aliphatic heterocycles. The van der Waals surface area contributed by atoms with Crippen molar-refractivity contribution < 1.29 is 14.3 Å². The summed E-state index contributed by atoms with van der Waals surface area (Å²) in [4.78, 5) is 13.2. The van der Waals surface area contributed by atoms with Crippen LogP contribution in [0.4, 0.5) is 5.69 Å². The van der Waals surface area contributed by atoms with Gasteiger partial charge in [-0.15, -0.1) is 10.2 Å². The van der Waals surface area contributed by atoms with Gasteiger partial charge in [0.2, 0.25) is 4.96 Å². The highest BCUT2D eigenvalue weighted by Gasteiger charge is 2.14. The smallest absolute Gasteiger partial charge is 0.262 e. The van der Waals surface area contributed by atoms with E-state index in [1.165, 1.54) is 11.3 Å². The Morgan fingerprint density at radius 3 is 2.57 bits per heavy atom. The van der Waals surface area contributed by atoms with Crippen LogP contribution in [0.1, 0.15) is 17.0 Å². The number of aromatic nitrogens is 4. The largest absolute Gasteiger partial charge is 0.495 e. The summed E-state index contributed by atoms with van der Waals surface area (Å²) >= 11 is 1.42. The normalized spacial score (nSPS) is 10.9. The van der Waals surface area contributed by atoms with Gasteiger partial charge in [0, 0.05) is 5.56 Å². The number of amides is 1. The molecule has 0 radical (unpaired) electrons. The lowest BCUT2D eigenvalue weighted by atomic mass is 10.1. The highest BCUT2D eigenvalue weighted by Crippen LogP contribution is 2.32. The van der Waals surface area contributed by atoms with E-state index in [0.717, 1.165) is 27.5 Å². The summed E-state index contributed by atoms with van der Waals surface area (Å²) in [5.41, 5.74) is 3.56. The van der Waals surface area contributed by atoms with Gasteiger partial charge in [-0.1, -0.05) is 17.4 Å². The number of fused-ring (bicyclic) bond motifs is 1. The molecule has 0 unspecified atom stereocenters. The van der Waals surface area contributed by atoms with E-state index in [-0.39, 0.29) is 12.5 Å². The average Bonchev–Trinajstić information content (AvgIpc) is 3.28. The molecule has 9 heteroatoms. The van der Waals surface area contributed by atoms with E-state index in [1.807, 2.05) is 45.0 Å². The fourth-order valence-corrected chi connectivity index (χ4v) is 4.00. The minimum absolute atomic E-state index is 0.105. The number of anilines is 1. The maximum atomic E-state index is 12.5. The van der Waals surface area contributed by atoms with Crippen LogP contribution < -0.4 is 14.8 Å². The van der Waals surface area contributed by atoms with Crippen molar-refractivity contribution in [3.8, 4) is 22.1 Å². The molecule has 0 atom stereocenters. The molecule has 30 heavy (non-hydrogen) atoms. The maximum Gasteiger partial charge on any atom is 0.262 e. The molecule has 0 saturated heterocycles. The van der Waals surface area contributed by atoms with E-state index in [1.54, 1.807) is 17.7 Å². The van der Waals surface area contributed by atoms with E-state index in [9.17, 15) is 4.79 Å². The predicted octanol–water partition coefficient (Wildman–Crippen LogP) is 3.80. The van der Waals surface area contributed by atoms with Crippen LogP contribution in [0.5, 0.6) is 11.5 Å². The predicted molar refractivity (Wildman–Crippen MR) is 115 cm³/mol. The number of carbonyl (C=O) groups is 1. The molecular formula is C21H21N5O3S. The van der Waals surface area contributed by atoms with Crippen LogP contribution in [0.3, 0.4) is 0 Å². The molecule has 154 valence electrons. The molecule has 0 aliphatic rings.